The zero-order valence-corrected chi connectivity index (χ0v) is 14.2. The molecule has 1 heteroatoms. The van der Waals surface area contributed by atoms with Crippen LogP contribution in [0.3, 0.4) is 0 Å². The van der Waals surface area contributed by atoms with Gasteiger partial charge in [0.25, 0.3) is 0 Å². The summed E-state index contributed by atoms with van der Waals surface area (Å²) in [6.45, 7) is 7.07. The van der Waals surface area contributed by atoms with E-state index in [1.165, 1.54) is 27.6 Å². The number of benzene rings is 2. The first-order valence-corrected chi connectivity index (χ1v) is 8.76. The monoisotopic (exact) mass is 302 g/mol. The smallest absolute Gasteiger partial charge is 0.192 e. The Morgan fingerprint density at radius 1 is 0.913 bits per heavy atom. The van der Waals surface area contributed by atoms with E-state index >= 15 is 0 Å². The van der Waals surface area contributed by atoms with Crippen LogP contribution in [0.1, 0.15) is 45.1 Å². The van der Waals surface area contributed by atoms with E-state index in [2.05, 4.69) is 86.1 Å². The van der Waals surface area contributed by atoms with Gasteiger partial charge in [0.2, 0.25) is 5.69 Å². The number of nitrogens with zero attached hydrogens (tertiary/aromatic N) is 1. The predicted octanol–water partition coefficient (Wildman–Crippen LogP) is 5.43. The lowest BCUT2D eigenvalue weighted by atomic mass is 9.71. The fourth-order valence-electron chi connectivity index (χ4n) is 4.65. The molecular formula is C22H24N+. The van der Waals surface area contributed by atoms with Crippen LogP contribution in [0, 0.1) is 0 Å². The van der Waals surface area contributed by atoms with Gasteiger partial charge < -0.3 is 0 Å². The van der Waals surface area contributed by atoms with Crippen molar-refractivity contribution < 1.29 is 4.57 Å². The normalized spacial score (nSPS) is 18.5. The Kier molecular flexibility index (Phi) is 3.26. The molecule has 0 amide bonds. The van der Waals surface area contributed by atoms with Crippen LogP contribution in [0.2, 0.25) is 0 Å². The van der Waals surface area contributed by atoms with E-state index in [1.807, 2.05) is 0 Å². The molecule has 0 saturated heterocycles. The fraction of sp³-hybridized carbons (Fsp3) is 0.318. The van der Waals surface area contributed by atoms with Crippen molar-refractivity contribution in [2.75, 3.05) is 0 Å². The molecule has 1 nitrogen and oxygen atoms in total. The molecule has 0 fully saturated rings. The van der Waals surface area contributed by atoms with Gasteiger partial charge in [-0.3, -0.25) is 0 Å². The Morgan fingerprint density at radius 3 is 2.39 bits per heavy atom. The summed E-state index contributed by atoms with van der Waals surface area (Å²) in [6, 6.07) is 20.0. The molecule has 1 aliphatic rings. The summed E-state index contributed by atoms with van der Waals surface area (Å²) >= 11 is 0. The van der Waals surface area contributed by atoms with Crippen LogP contribution in [0.15, 0.2) is 60.8 Å². The van der Waals surface area contributed by atoms with Gasteiger partial charge in [0.15, 0.2) is 11.7 Å². The third-order valence-electron chi connectivity index (χ3n) is 6.05. The molecular weight excluding hydrogens is 278 g/mol. The molecule has 1 aromatic heterocycles. The van der Waals surface area contributed by atoms with Crippen molar-refractivity contribution in [2.45, 2.75) is 45.1 Å². The summed E-state index contributed by atoms with van der Waals surface area (Å²) in [5, 5.41) is 2.69. The van der Waals surface area contributed by atoms with Crippen molar-refractivity contribution in [3.8, 4) is 11.3 Å². The van der Waals surface area contributed by atoms with Crippen molar-refractivity contribution in [1.82, 2.24) is 0 Å². The molecule has 3 aromatic rings. The molecule has 2 heterocycles. The van der Waals surface area contributed by atoms with Gasteiger partial charge in [-0.15, -0.1) is 0 Å². The van der Waals surface area contributed by atoms with E-state index in [0.29, 0.717) is 5.92 Å². The van der Waals surface area contributed by atoms with Crippen molar-refractivity contribution >= 4 is 10.8 Å². The summed E-state index contributed by atoms with van der Waals surface area (Å²) in [6.07, 6.45) is 4.61. The number of hydrogen-bond donors (Lipinski definition) is 0. The largest absolute Gasteiger partial charge is 0.221 e. The molecule has 0 radical (unpaired) electrons. The van der Waals surface area contributed by atoms with Crippen LogP contribution >= 0.6 is 0 Å². The average molecular weight is 302 g/mol. The van der Waals surface area contributed by atoms with Crippen LogP contribution in [0.25, 0.3) is 22.0 Å². The van der Waals surface area contributed by atoms with Gasteiger partial charge in [0, 0.05) is 24.8 Å². The standard InChI is InChI=1S/C22H24N/c1-4-22(5-2)16(3)18-11-8-9-13-20(18)21-19-12-7-6-10-17(19)14-15-23(21)22/h6-16H,4-5H2,1-3H3/q+1. The second-order valence-corrected chi connectivity index (χ2v) is 6.74. The van der Waals surface area contributed by atoms with E-state index in [4.69, 9.17) is 0 Å². The Bertz CT molecular complexity index is 874. The van der Waals surface area contributed by atoms with Crippen molar-refractivity contribution in [3.05, 3.63) is 66.4 Å². The highest BCUT2D eigenvalue weighted by Gasteiger charge is 2.49. The topological polar surface area (TPSA) is 3.88 Å². The van der Waals surface area contributed by atoms with Gasteiger partial charge >= 0.3 is 0 Å². The molecule has 1 unspecified atom stereocenters. The molecule has 23 heavy (non-hydrogen) atoms. The molecule has 2 aromatic carbocycles. The molecule has 4 rings (SSSR count). The van der Waals surface area contributed by atoms with Crippen LogP contribution in [0.5, 0.6) is 0 Å². The average Bonchev–Trinajstić information content (AvgIpc) is 2.62. The predicted molar refractivity (Wildman–Crippen MR) is 96.6 cm³/mol. The minimum atomic E-state index is 0.160. The molecule has 0 spiro atoms. The summed E-state index contributed by atoms with van der Waals surface area (Å²) in [7, 11) is 0. The Morgan fingerprint density at radius 2 is 1.61 bits per heavy atom. The van der Waals surface area contributed by atoms with E-state index in [-0.39, 0.29) is 5.54 Å². The highest BCUT2D eigenvalue weighted by Crippen LogP contribution is 2.46. The quantitative estimate of drug-likeness (QED) is 0.556. The second-order valence-electron chi connectivity index (χ2n) is 6.74. The minimum absolute atomic E-state index is 0.160. The Labute approximate surface area is 138 Å². The first-order valence-electron chi connectivity index (χ1n) is 8.76. The van der Waals surface area contributed by atoms with Gasteiger partial charge in [0.05, 0.1) is 10.9 Å². The van der Waals surface area contributed by atoms with Crippen molar-refractivity contribution in [3.63, 3.8) is 0 Å². The van der Waals surface area contributed by atoms with Gasteiger partial charge in [-0.25, -0.2) is 0 Å². The number of fused-ring (bicyclic) bond motifs is 5. The second kappa shape index (κ2) is 5.19. The zero-order valence-electron chi connectivity index (χ0n) is 14.2. The van der Waals surface area contributed by atoms with Crippen LogP contribution in [-0.4, -0.2) is 0 Å². The van der Waals surface area contributed by atoms with Gasteiger partial charge in [0.1, 0.15) is 0 Å². The molecule has 0 bridgehead atoms. The van der Waals surface area contributed by atoms with Crippen molar-refractivity contribution in [2.24, 2.45) is 0 Å². The van der Waals surface area contributed by atoms with Crippen LogP contribution in [-0.2, 0) is 5.54 Å². The molecule has 0 saturated carbocycles. The third kappa shape index (κ3) is 1.83. The number of aromatic nitrogens is 1. The highest BCUT2D eigenvalue weighted by molar-refractivity contribution is 5.94. The number of hydrogen-bond acceptors (Lipinski definition) is 0. The van der Waals surface area contributed by atoms with Gasteiger partial charge in [-0.2, -0.15) is 4.57 Å². The highest BCUT2D eigenvalue weighted by atomic mass is 15.1. The molecule has 1 aliphatic heterocycles. The maximum Gasteiger partial charge on any atom is 0.221 e. The SMILES string of the molecule is CCC1(CC)C(C)c2ccccc2-c2c3ccccc3cc[n+]21. The van der Waals surface area contributed by atoms with Crippen LogP contribution < -0.4 is 4.57 Å². The third-order valence-corrected chi connectivity index (χ3v) is 6.05. The van der Waals surface area contributed by atoms with E-state index < -0.39 is 0 Å². The van der Waals surface area contributed by atoms with Gasteiger partial charge in [-0.05, 0) is 23.1 Å². The number of rotatable bonds is 2. The fourth-order valence-corrected chi connectivity index (χ4v) is 4.65. The molecule has 0 N–H and O–H groups in total. The van der Waals surface area contributed by atoms with Gasteiger partial charge in [-0.1, -0.05) is 57.2 Å². The zero-order chi connectivity index (χ0) is 16.0. The van der Waals surface area contributed by atoms with E-state index in [9.17, 15) is 0 Å². The Balaban J connectivity index is 2.18. The lowest BCUT2D eigenvalue weighted by molar-refractivity contribution is -0.761. The van der Waals surface area contributed by atoms with E-state index in [1.54, 1.807) is 0 Å². The molecule has 0 aliphatic carbocycles. The van der Waals surface area contributed by atoms with Crippen LogP contribution in [0.4, 0.5) is 0 Å². The lowest BCUT2D eigenvalue weighted by Crippen LogP contribution is -2.61. The first-order chi connectivity index (χ1) is 11.2. The maximum atomic E-state index is 2.57. The molecule has 1 atom stereocenters. The molecule has 116 valence electrons. The summed E-state index contributed by atoms with van der Waals surface area (Å²) in [5.41, 5.74) is 4.44. The Hall–Kier alpha value is -2.15. The van der Waals surface area contributed by atoms with E-state index in [0.717, 1.165) is 12.8 Å². The maximum absolute atomic E-state index is 2.57. The van der Waals surface area contributed by atoms with Crippen molar-refractivity contribution in [1.29, 1.82) is 0 Å². The summed E-state index contributed by atoms with van der Waals surface area (Å²) in [4.78, 5) is 0. The number of pyridine rings is 1. The first kappa shape index (κ1) is 14.4. The lowest BCUT2D eigenvalue weighted by Gasteiger charge is -2.38. The summed E-state index contributed by atoms with van der Waals surface area (Å²) in [5.74, 6) is 0.521. The summed E-state index contributed by atoms with van der Waals surface area (Å²) < 4.78 is 2.57. The minimum Gasteiger partial charge on any atom is -0.192 e.